The zero-order valence-corrected chi connectivity index (χ0v) is 23.7. The third kappa shape index (κ3) is 5.12. The number of hydrogen-bond acceptors (Lipinski definition) is 7. The number of primary amides is 1. The summed E-state index contributed by atoms with van der Waals surface area (Å²) < 4.78 is 19.6. The van der Waals surface area contributed by atoms with Gasteiger partial charge in [-0.25, -0.2) is 9.37 Å². The zero-order chi connectivity index (χ0) is 30.4. The average Bonchev–Trinajstić information content (AvgIpc) is 3.37. The molecule has 1 aliphatic heterocycles. The molecule has 0 fully saturated rings. The standard InChI is InChI=1S/C34H29FN4O4/c1-33(32(36)41)19-43-31-26(33)17-28(39-30(31)20-7-9-24(35)10-8-20)34(2,42)12-11-27(40)23-15-21-5-4-14-38-29(21)25(16-23)22-6-3-13-37-18-22/h3-10,13-18,42H,11-12,19H2,1-2H3,(H2,36,41)/t33-,34-/m0/s1. The fourth-order valence-electron chi connectivity index (χ4n) is 5.39. The fraction of sp³-hybridized carbons (Fsp3) is 0.206. The van der Waals surface area contributed by atoms with Crippen molar-refractivity contribution >= 4 is 22.6 Å². The first-order valence-electron chi connectivity index (χ1n) is 13.9. The summed E-state index contributed by atoms with van der Waals surface area (Å²) in [7, 11) is 0. The number of nitrogens with zero attached hydrogens (tertiary/aromatic N) is 3. The molecule has 0 unspecified atom stereocenters. The van der Waals surface area contributed by atoms with E-state index in [1.165, 1.54) is 12.1 Å². The van der Waals surface area contributed by atoms with Gasteiger partial charge in [0.05, 0.1) is 11.2 Å². The number of rotatable bonds is 8. The number of amides is 1. The highest BCUT2D eigenvalue weighted by molar-refractivity contribution is 6.04. The van der Waals surface area contributed by atoms with Crippen LogP contribution in [-0.4, -0.2) is 38.4 Å². The topological polar surface area (TPSA) is 128 Å². The Hall–Kier alpha value is -5.02. The second kappa shape index (κ2) is 10.7. The molecule has 4 heterocycles. The Kier molecular flexibility index (Phi) is 6.98. The van der Waals surface area contributed by atoms with Gasteiger partial charge in [-0.05, 0) is 74.9 Å². The minimum Gasteiger partial charge on any atom is -0.489 e. The predicted molar refractivity (Wildman–Crippen MR) is 160 cm³/mol. The molecular weight excluding hydrogens is 547 g/mol. The summed E-state index contributed by atoms with van der Waals surface area (Å²) in [6.45, 7) is 3.26. The molecular formula is C34H29FN4O4. The maximum Gasteiger partial charge on any atom is 0.231 e. The van der Waals surface area contributed by atoms with Crippen LogP contribution in [0.15, 0.2) is 85.3 Å². The molecule has 3 aromatic heterocycles. The molecule has 6 rings (SSSR count). The molecule has 0 bridgehead atoms. The van der Waals surface area contributed by atoms with Crippen molar-refractivity contribution in [3.8, 4) is 28.1 Å². The first-order chi connectivity index (χ1) is 20.6. The fourth-order valence-corrected chi connectivity index (χ4v) is 5.39. The number of carbonyl (C=O) groups is 2. The summed E-state index contributed by atoms with van der Waals surface area (Å²) in [6, 6.07) is 18.4. The number of pyridine rings is 3. The number of benzene rings is 2. The predicted octanol–water partition coefficient (Wildman–Crippen LogP) is 5.50. The summed E-state index contributed by atoms with van der Waals surface area (Å²) in [5, 5.41) is 12.5. The van der Waals surface area contributed by atoms with Gasteiger partial charge in [0.2, 0.25) is 5.91 Å². The van der Waals surface area contributed by atoms with Crippen molar-refractivity contribution in [3.05, 3.63) is 108 Å². The smallest absolute Gasteiger partial charge is 0.231 e. The third-order valence-electron chi connectivity index (χ3n) is 8.12. The summed E-state index contributed by atoms with van der Waals surface area (Å²) in [4.78, 5) is 39.5. The molecule has 1 amide bonds. The summed E-state index contributed by atoms with van der Waals surface area (Å²) >= 11 is 0. The SMILES string of the molecule is C[C@](O)(CCC(=O)c1cc(-c2cccnc2)c2ncccc2c1)c1cc2c(c(-c3ccc(F)cc3)n1)OC[C@]2(C)C(N)=O. The number of ether oxygens (including phenoxy) is 1. The van der Waals surface area contributed by atoms with Gasteiger partial charge in [-0.15, -0.1) is 0 Å². The number of Topliss-reactive ketones (excluding diaryl/α,β-unsaturated/α-hetero) is 1. The van der Waals surface area contributed by atoms with E-state index in [0.717, 1.165) is 22.0 Å². The summed E-state index contributed by atoms with van der Waals surface area (Å²) in [5.41, 5.74) is 7.55. The van der Waals surface area contributed by atoms with Crippen molar-refractivity contribution in [2.75, 3.05) is 6.61 Å². The van der Waals surface area contributed by atoms with E-state index in [4.69, 9.17) is 15.5 Å². The molecule has 1 aliphatic rings. The van der Waals surface area contributed by atoms with E-state index in [-0.39, 0.29) is 30.9 Å². The molecule has 2 aromatic carbocycles. The highest BCUT2D eigenvalue weighted by atomic mass is 19.1. The molecule has 8 nitrogen and oxygen atoms in total. The number of nitrogens with two attached hydrogens (primary N) is 1. The van der Waals surface area contributed by atoms with Gasteiger partial charge in [-0.1, -0.05) is 12.1 Å². The van der Waals surface area contributed by atoms with E-state index in [1.54, 1.807) is 62.8 Å². The van der Waals surface area contributed by atoms with Crippen LogP contribution < -0.4 is 10.5 Å². The van der Waals surface area contributed by atoms with E-state index in [9.17, 15) is 19.1 Å². The molecule has 3 N–H and O–H groups in total. The Balaban J connectivity index is 1.35. The number of fused-ring (bicyclic) bond motifs is 2. The van der Waals surface area contributed by atoms with E-state index in [0.29, 0.717) is 28.1 Å². The number of aliphatic hydroxyl groups is 1. The van der Waals surface area contributed by atoms with Gasteiger partial charge in [0.25, 0.3) is 0 Å². The van der Waals surface area contributed by atoms with Gasteiger partial charge >= 0.3 is 0 Å². The van der Waals surface area contributed by atoms with Gasteiger partial charge in [-0.2, -0.15) is 0 Å². The second-order valence-corrected chi connectivity index (χ2v) is 11.3. The first kappa shape index (κ1) is 28.1. The first-order valence-corrected chi connectivity index (χ1v) is 13.9. The molecule has 5 aromatic rings. The molecule has 0 aliphatic carbocycles. The van der Waals surface area contributed by atoms with Crippen LogP contribution in [0.5, 0.6) is 5.75 Å². The van der Waals surface area contributed by atoms with Crippen LogP contribution in [0, 0.1) is 5.82 Å². The Labute approximate surface area is 247 Å². The highest BCUT2D eigenvalue weighted by Crippen LogP contribution is 2.46. The molecule has 43 heavy (non-hydrogen) atoms. The van der Waals surface area contributed by atoms with Crippen molar-refractivity contribution in [2.45, 2.75) is 37.7 Å². The van der Waals surface area contributed by atoms with Gasteiger partial charge in [0.1, 0.15) is 34.9 Å². The lowest BCUT2D eigenvalue weighted by atomic mass is 9.81. The van der Waals surface area contributed by atoms with E-state index in [2.05, 4.69) is 9.97 Å². The van der Waals surface area contributed by atoms with Crippen LogP contribution >= 0.6 is 0 Å². The van der Waals surface area contributed by atoms with Crippen molar-refractivity contribution in [1.82, 2.24) is 15.0 Å². The van der Waals surface area contributed by atoms with Crippen LogP contribution in [0.1, 0.15) is 48.3 Å². The minimum atomic E-state index is -1.56. The second-order valence-electron chi connectivity index (χ2n) is 11.3. The van der Waals surface area contributed by atoms with E-state index < -0.39 is 22.7 Å². The number of carbonyl (C=O) groups excluding carboxylic acids is 2. The summed E-state index contributed by atoms with van der Waals surface area (Å²) in [5.74, 6) is -0.808. The highest BCUT2D eigenvalue weighted by Gasteiger charge is 2.45. The van der Waals surface area contributed by atoms with Crippen molar-refractivity contribution in [1.29, 1.82) is 0 Å². The number of hydrogen-bond donors (Lipinski definition) is 2. The molecule has 0 radical (unpaired) electrons. The number of aromatic nitrogens is 3. The number of ketones is 1. The third-order valence-corrected chi connectivity index (χ3v) is 8.12. The van der Waals surface area contributed by atoms with Crippen molar-refractivity contribution in [3.63, 3.8) is 0 Å². The monoisotopic (exact) mass is 576 g/mol. The van der Waals surface area contributed by atoms with Crippen LogP contribution in [0.2, 0.25) is 0 Å². The van der Waals surface area contributed by atoms with Gasteiger partial charge < -0.3 is 15.6 Å². The summed E-state index contributed by atoms with van der Waals surface area (Å²) in [6.07, 6.45) is 5.17. The Bertz CT molecular complexity index is 1880. The van der Waals surface area contributed by atoms with E-state index >= 15 is 0 Å². The van der Waals surface area contributed by atoms with Gasteiger partial charge in [0, 0.05) is 58.2 Å². The van der Waals surface area contributed by atoms with E-state index in [1.807, 2.05) is 24.3 Å². The quantitative estimate of drug-likeness (QED) is 0.233. The van der Waals surface area contributed by atoms with Crippen LogP contribution in [0.25, 0.3) is 33.3 Å². The molecule has 0 saturated heterocycles. The molecule has 216 valence electrons. The van der Waals surface area contributed by atoms with Crippen LogP contribution in [-0.2, 0) is 15.8 Å². The lowest BCUT2D eigenvalue weighted by Gasteiger charge is -2.26. The Morgan fingerprint density at radius 2 is 1.84 bits per heavy atom. The maximum absolute atomic E-state index is 13.7. The maximum atomic E-state index is 13.7. The molecule has 0 saturated carbocycles. The largest absolute Gasteiger partial charge is 0.489 e. The lowest BCUT2D eigenvalue weighted by Crippen LogP contribution is -2.40. The van der Waals surface area contributed by atoms with Crippen LogP contribution in [0.3, 0.4) is 0 Å². The number of halogens is 1. The van der Waals surface area contributed by atoms with Gasteiger partial charge in [-0.3, -0.25) is 19.6 Å². The lowest BCUT2D eigenvalue weighted by molar-refractivity contribution is -0.123. The zero-order valence-electron chi connectivity index (χ0n) is 23.7. The van der Waals surface area contributed by atoms with Crippen molar-refractivity contribution < 1.29 is 23.8 Å². The normalized spacial score (nSPS) is 17.2. The van der Waals surface area contributed by atoms with Crippen LogP contribution in [0.4, 0.5) is 4.39 Å². The van der Waals surface area contributed by atoms with Crippen molar-refractivity contribution in [2.24, 2.45) is 5.73 Å². The molecule has 9 heteroatoms. The molecule has 2 atom stereocenters. The minimum absolute atomic E-state index is 0.00765. The Morgan fingerprint density at radius 1 is 1.07 bits per heavy atom. The van der Waals surface area contributed by atoms with Gasteiger partial charge in [0.15, 0.2) is 5.78 Å². The molecule has 0 spiro atoms. The Morgan fingerprint density at radius 3 is 2.56 bits per heavy atom. The average molecular weight is 577 g/mol.